The Morgan fingerprint density at radius 1 is 0.719 bits per heavy atom. The van der Waals surface area contributed by atoms with E-state index in [-0.39, 0.29) is 17.7 Å². The molecule has 0 fully saturated rings. The number of rotatable bonds is 5. The lowest BCUT2D eigenvalue weighted by atomic mass is 9.66. The zero-order chi connectivity index (χ0) is 22.7. The van der Waals surface area contributed by atoms with Crippen molar-refractivity contribution in [2.24, 2.45) is 11.8 Å². The third kappa shape index (κ3) is 4.35. The molecule has 0 heterocycles. The standard InChI is InChI=1S/C28H27NO3/c1-18-13-14-22(17-19(18)2)29-27(30)25-23(20-9-5-3-6-10-20)15-16-24(26(25)28(31)32)21-11-7-4-8-12-21/h3-17,23-26H,1-2H3,(H,29,30)(H,31,32)/t23-,24-,25-,26+/m1/s1. The second-order valence-electron chi connectivity index (χ2n) is 8.44. The Bertz CT molecular complexity index is 1140. The van der Waals surface area contributed by atoms with E-state index in [2.05, 4.69) is 5.32 Å². The first-order valence-corrected chi connectivity index (χ1v) is 10.8. The van der Waals surface area contributed by atoms with Gasteiger partial charge in [0.15, 0.2) is 0 Å². The highest BCUT2D eigenvalue weighted by Gasteiger charge is 2.46. The number of benzene rings is 3. The highest BCUT2D eigenvalue weighted by molar-refractivity contribution is 5.96. The molecule has 2 N–H and O–H groups in total. The molecular formula is C28H27NO3. The van der Waals surface area contributed by atoms with Crippen LogP contribution >= 0.6 is 0 Å². The van der Waals surface area contributed by atoms with Crippen LogP contribution in [0, 0.1) is 25.7 Å². The minimum atomic E-state index is -0.968. The van der Waals surface area contributed by atoms with Crippen molar-refractivity contribution in [3.05, 3.63) is 113 Å². The summed E-state index contributed by atoms with van der Waals surface area (Å²) in [4.78, 5) is 26.2. The van der Waals surface area contributed by atoms with Crippen molar-refractivity contribution < 1.29 is 14.7 Å². The van der Waals surface area contributed by atoms with Crippen LogP contribution in [-0.4, -0.2) is 17.0 Å². The maximum absolute atomic E-state index is 13.6. The summed E-state index contributed by atoms with van der Waals surface area (Å²) >= 11 is 0. The van der Waals surface area contributed by atoms with Crippen LogP contribution in [0.4, 0.5) is 5.69 Å². The van der Waals surface area contributed by atoms with Gasteiger partial charge in [0.05, 0.1) is 11.8 Å². The molecule has 0 aliphatic heterocycles. The molecule has 3 aromatic carbocycles. The number of amides is 1. The van der Waals surface area contributed by atoms with Crippen LogP contribution in [0.25, 0.3) is 0 Å². The van der Waals surface area contributed by atoms with E-state index in [0.29, 0.717) is 5.69 Å². The Kier molecular flexibility index (Phi) is 6.22. The Labute approximate surface area is 188 Å². The van der Waals surface area contributed by atoms with E-state index in [1.807, 2.05) is 105 Å². The van der Waals surface area contributed by atoms with Crippen molar-refractivity contribution in [1.29, 1.82) is 0 Å². The lowest BCUT2D eigenvalue weighted by molar-refractivity contribution is -0.147. The van der Waals surface area contributed by atoms with Crippen LogP contribution in [0.15, 0.2) is 91.0 Å². The summed E-state index contributed by atoms with van der Waals surface area (Å²) < 4.78 is 0. The molecule has 0 saturated heterocycles. The van der Waals surface area contributed by atoms with Gasteiger partial charge in [0, 0.05) is 17.5 Å². The molecule has 4 heteroatoms. The Balaban J connectivity index is 1.77. The van der Waals surface area contributed by atoms with Gasteiger partial charge >= 0.3 is 5.97 Å². The van der Waals surface area contributed by atoms with Gasteiger partial charge in [-0.2, -0.15) is 0 Å². The third-order valence-corrected chi connectivity index (χ3v) is 6.42. The predicted molar refractivity (Wildman–Crippen MR) is 127 cm³/mol. The van der Waals surface area contributed by atoms with Gasteiger partial charge in [-0.1, -0.05) is 78.9 Å². The molecule has 1 amide bonds. The average molecular weight is 426 g/mol. The molecule has 1 aliphatic rings. The largest absolute Gasteiger partial charge is 0.481 e. The molecule has 0 aromatic heterocycles. The van der Waals surface area contributed by atoms with Crippen molar-refractivity contribution in [2.45, 2.75) is 25.7 Å². The second-order valence-corrected chi connectivity index (χ2v) is 8.44. The lowest BCUT2D eigenvalue weighted by Crippen LogP contribution is -2.42. The molecule has 4 atom stereocenters. The van der Waals surface area contributed by atoms with Crippen molar-refractivity contribution >= 4 is 17.6 Å². The number of allylic oxidation sites excluding steroid dienone is 2. The number of carboxylic acid groups (broad SMARTS) is 1. The van der Waals surface area contributed by atoms with Gasteiger partial charge in [-0.15, -0.1) is 0 Å². The molecule has 32 heavy (non-hydrogen) atoms. The Morgan fingerprint density at radius 2 is 1.25 bits per heavy atom. The number of carbonyl (C=O) groups excluding carboxylic acids is 1. The summed E-state index contributed by atoms with van der Waals surface area (Å²) in [6.07, 6.45) is 3.95. The molecular weight excluding hydrogens is 398 g/mol. The first-order valence-electron chi connectivity index (χ1n) is 10.8. The van der Waals surface area contributed by atoms with Gasteiger partial charge in [-0.25, -0.2) is 0 Å². The molecule has 0 saturated carbocycles. The van der Waals surface area contributed by atoms with Gasteiger partial charge in [0.25, 0.3) is 0 Å². The quantitative estimate of drug-likeness (QED) is 0.516. The van der Waals surface area contributed by atoms with Crippen molar-refractivity contribution in [3.8, 4) is 0 Å². The highest BCUT2D eigenvalue weighted by atomic mass is 16.4. The third-order valence-electron chi connectivity index (χ3n) is 6.42. The number of aryl methyl sites for hydroxylation is 2. The average Bonchev–Trinajstić information content (AvgIpc) is 2.81. The lowest BCUT2D eigenvalue weighted by Gasteiger charge is -2.37. The first-order chi connectivity index (χ1) is 15.5. The number of anilines is 1. The van der Waals surface area contributed by atoms with Crippen LogP contribution < -0.4 is 5.32 Å². The molecule has 4 rings (SSSR count). The van der Waals surface area contributed by atoms with E-state index >= 15 is 0 Å². The van der Waals surface area contributed by atoms with E-state index in [9.17, 15) is 14.7 Å². The van der Waals surface area contributed by atoms with E-state index in [4.69, 9.17) is 0 Å². The Hall–Kier alpha value is -3.66. The summed E-state index contributed by atoms with van der Waals surface area (Å²) in [5.74, 6) is -3.61. The maximum Gasteiger partial charge on any atom is 0.308 e. The number of hydrogen-bond acceptors (Lipinski definition) is 2. The summed E-state index contributed by atoms with van der Waals surface area (Å²) in [5.41, 5.74) is 4.72. The number of aliphatic carboxylic acids is 1. The first kappa shape index (κ1) is 21.6. The zero-order valence-electron chi connectivity index (χ0n) is 18.2. The second kappa shape index (κ2) is 9.23. The number of carboxylic acids is 1. The summed E-state index contributed by atoms with van der Waals surface area (Å²) in [6.45, 7) is 4.01. The molecule has 0 bridgehead atoms. The minimum Gasteiger partial charge on any atom is -0.481 e. The van der Waals surface area contributed by atoms with Crippen molar-refractivity contribution in [1.82, 2.24) is 0 Å². The fraction of sp³-hybridized carbons (Fsp3) is 0.214. The maximum atomic E-state index is 13.6. The summed E-state index contributed by atoms with van der Waals surface area (Å²) in [5, 5.41) is 13.3. The molecule has 3 aromatic rings. The van der Waals surface area contributed by atoms with Crippen molar-refractivity contribution in [3.63, 3.8) is 0 Å². The van der Waals surface area contributed by atoms with Gasteiger partial charge in [0.1, 0.15) is 0 Å². The number of nitrogens with one attached hydrogen (secondary N) is 1. The molecule has 4 nitrogen and oxygen atoms in total. The van der Waals surface area contributed by atoms with Crippen LogP contribution in [0.1, 0.15) is 34.1 Å². The predicted octanol–water partition coefficient (Wildman–Crippen LogP) is 5.70. The summed E-state index contributed by atoms with van der Waals surface area (Å²) in [7, 11) is 0. The smallest absolute Gasteiger partial charge is 0.308 e. The molecule has 162 valence electrons. The fourth-order valence-electron chi connectivity index (χ4n) is 4.59. The summed E-state index contributed by atoms with van der Waals surface area (Å²) in [6, 6.07) is 24.9. The topological polar surface area (TPSA) is 66.4 Å². The fourth-order valence-corrected chi connectivity index (χ4v) is 4.59. The SMILES string of the molecule is Cc1ccc(NC(=O)[C@H]2[C@@H](C(=O)O)[C@@H](c3ccccc3)C=C[C@@H]2c2ccccc2)cc1C. The molecule has 0 radical (unpaired) electrons. The van der Waals surface area contributed by atoms with Crippen LogP contribution in [0.3, 0.4) is 0 Å². The molecule has 0 unspecified atom stereocenters. The monoisotopic (exact) mass is 425 g/mol. The minimum absolute atomic E-state index is 0.278. The highest BCUT2D eigenvalue weighted by Crippen LogP contribution is 2.45. The van der Waals surface area contributed by atoms with E-state index in [0.717, 1.165) is 22.3 Å². The van der Waals surface area contributed by atoms with E-state index in [1.165, 1.54) is 0 Å². The van der Waals surface area contributed by atoms with Crippen molar-refractivity contribution in [2.75, 3.05) is 5.32 Å². The normalized spacial score (nSPS) is 22.3. The molecule has 1 aliphatic carbocycles. The van der Waals surface area contributed by atoms with Gasteiger partial charge in [-0.3, -0.25) is 9.59 Å². The Morgan fingerprint density at radius 3 is 1.75 bits per heavy atom. The van der Waals surface area contributed by atoms with E-state index in [1.54, 1.807) is 0 Å². The van der Waals surface area contributed by atoms with Gasteiger partial charge in [0.2, 0.25) is 5.91 Å². The van der Waals surface area contributed by atoms with Gasteiger partial charge in [-0.05, 0) is 48.2 Å². The van der Waals surface area contributed by atoms with Gasteiger partial charge < -0.3 is 10.4 Å². The number of hydrogen-bond donors (Lipinski definition) is 2. The van der Waals surface area contributed by atoms with Crippen LogP contribution in [-0.2, 0) is 9.59 Å². The number of carbonyl (C=O) groups is 2. The molecule has 0 spiro atoms. The zero-order valence-corrected chi connectivity index (χ0v) is 18.2. The van der Waals surface area contributed by atoms with Crippen LogP contribution in [0.2, 0.25) is 0 Å². The van der Waals surface area contributed by atoms with Crippen LogP contribution in [0.5, 0.6) is 0 Å². The van der Waals surface area contributed by atoms with E-state index < -0.39 is 17.8 Å².